The molecule has 1 N–H and O–H groups in total. The van der Waals surface area contributed by atoms with Gasteiger partial charge in [-0.2, -0.15) is 0 Å². The van der Waals surface area contributed by atoms with Crippen molar-refractivity contribution in [3.63, 3.8) is 0 Å². The van der Waals surface area contributed by atoms with Crippen LogP contribution in [-0.2, 0) is 9.47 Å². The van der Waals surface area contributed by atoms with Crippen molar-refractivity contribution in [2.45, 2.75) is 13.8 Å². The zero-order valence-electron chi connectivity index (χ0n) is 9.56. The lowest BCUT2D eigenvalue weighted by atomic mass is 10.4. The summed E-state index contributed by atoms with van der Waals surface area (Å²) in [7, 11) is 1.67. The number of nitrogens with one attached hydrogen (secondary N) is 1. The highest BCUT2D eigenvalue weighted by atomic mass is 16.5. The maximum atomic E-state index is 5.22. The molecule has 0 bridgehead atoms. The molecule has 0 aliphatic rings. The number of rotatable bonds is 7. The van der Waals surface area contributed by atoms with Crippen LogP contribution in [0.1, 0.15) is 13.8 Å². The molecule has 82 valence electrons. The van der Waals surface area contributed by atoms with Crippen LogP contribution in [0, 0.1) is 11.8 Å². The first-order valence-electron chi connectivity index (χ1n) is 5.21. The van der Waals surface area contributed by atoms with Crippen LogP contribution in [0.2, 0.25) is 0 Å². The van der Waals surface area contributed by atoms with E-state index in [2.05, 4.69) is 25.7 Å². The van der Waals surface area contributed by atoms with Crippen molar-refractivity contribution >= 4 is 0 Å². The molecule has 0 amide bonds. The minimum Gasteiger partial charge on any atom is -0.382 e. The summed E-state index contributed by atoms with van der Waals surface area (Å²) < 4.78 is 10.1. The zero-order chi connectivity index (χ0) is 10.6. The van der Waals surface area contributed by atoms with Crippen LogP contribution >= 0.6 is 0 Å². The molecule has 0 aromatic rings. The summed E-state index contributed by atoms with van der Waals surface area (Å²) in [5, 5.41) is 0. The van der Waals surface area contributed by atoms with E-state index < -0.39 is 0 Å². The van der Waals surface area contributed by atoms with Crippen molar-refractivity contribution in [3.8, 4) is 11.8 Å². The largest absolute Gasteiger partial charge is 0.382 e. The van der Waals surface area contributed by atoms with E-state index >= 15 is 0 Å². The molecule has 0 unspecified atom stereocenters. The Labute approximate surface area is 87.4 Å². The number of methoxy groups -OCH3 is 1. The Morgan fingerprint density at radius 1 is 1.07 bits per heavy atom. The minimum absolute atomic E-state index is 0.518. The summed E-state index contributed by atoms with van der Waals surface area (Å²) in [4.78, 5) is 1.51. The van der Waals surface area contributed by atoms with Crippen molar-refractivity contribution in [2.24, 2.45) is 0 Å². The fraction of sp³-hybridized carbons (Fsp3) is 0.818. The molecule has 14 heavy (non-hydrogen) atoms. The Morgan fingerprint density at radius 3 is 2.36 bits per heavy atom. The van der Waals surface area contributed by atoms with Gasteiger partial charge in [0.2, 0.25) is 0 Å². The topological polar surface area (TPSA) is 22.9 Å². The first-order valence-corrected chi connectivity index (χ1v) is 5.21. The Balaban J connectivity index is 3.33. The van der Waals surface area contributed by atoms with Gasteiger partial charge in [0.1, 0.15) is 13.2 Å². The van der Waals surface area contributed by atoms with Gasteiger partial charge in [-0.05, 0) is 19.8 Å². The van der Waals surface area contributed by atoms with Crippen LogP contribution in [-0.4, -0.2) is 46.6 Å². The second-order valence-electron chi connectivity index (χ2n) is 3.03. The van der Waals surface area contributed by atoms with Gasteiger partial charge in [-0.15, -0.1) is 0 Å². The Bertz CT molecular complexity index is 168. The van der Waals surface area contributed by atoms with Crippen molar-refractivity contribution in [1.29, 1.82) is 0 Å². The van der Waals surface area contributed by atoms with E-state index in [1.165, 1.54) is 4.90 Å². The van der Waals surface area contributed by atoms with Gasteiger partial charge in [0.05, 0.1) is 26.3 Å². The molecule has 0 atom stereocenters. The molecular weight excluding hydrogens is 178 g/mol. The summed E-state index contributed by atoms with van der Waals surface area (Å²) in [5.41, 5.74) is 0. The Morgan fingerprint density at radius 2 is 1.79 bits per heavy atom. The predicted octanol–water partition coefficient (Wildman–Crippen LogP) is -0.422. The maximum absolute atomic E-state index is 5.22. The molecule has 0 aliphatic carbocycles. The van der Waals surface area contributed by atoms with Crippen molar-refractivity contribution in [2.75, 3.05) is 46.6 Å². The molecule has 0 radical (unpaired) electrons. The van der Waals surface area contributed by atoms with E-state index in [1.54, 1.807) is 7.11 Å². The smallest absolute Gasteiger partial charge is 0.139 e. The number of quaternary nitrogens is 1. The summed E-state index contributed by atoms with van der Waals surface area (Å²) in [6, 6.07) is 0. The number of ether oxygens (including phenoxy) is 2. The van der Waals surface area contributed by atoms with Gasteiger partial charge in [0.15, 0.2) is 0 Å². The summed E-state index contributed by atoms with van der Waals surface area (Å²) in [6.45, 7) is 9.33. The van der Waals surface area contributed by atoms with E-state index in [1.807, 2.05) is 0 Å². The fourth-order valence-corrected chi connectivity index (χ4v) is 1.00. The molecule has 0 rings (SSSR count). The van der Waals surface area contributed by atoms with Crippen LogP contribution in [0.5, 0.6) is 0 Å². The quantitative estimate of drug-likeness (QED) is 0.445. The van der Waals surface area contributed by atoms with Crippen LogP contribution in [0.4, 0.5) is 0 Å². The summed E-state index contributed by atoms with van der Waals surface area (Å²) >= 11 is 0. The lowest BCUT2D eigenvalue weighted by molar-refractivity contribution is -0.889. The average molecular weight is 200 g/mol. The van der Waals surface area contributed by atoms with Crippen LogP contribution in [0.3, 0.4) is 0 Å². The highest BCUT2D eigenvalue weighted by Crippen LogP contribution is 1.73. The molecule has 0 spiro atoms. The second-order valence-corrected chi connectivity index (χ2v) is 3.03. The Hall–Kier alpha value is -0.560. The lowest BCUT2D eigenvalue weighted by Gasteiger charge is -2.10. The van der Waals surface area contributed by atoms with Gasteiger partial charge in [0.25, 0.3) is 0 Å². The third-order valence-electron chi connectivity index (χ3n) is 2.07. The standard InChI is InChI=1S/C11H21NO2/c1-4-12(5-2)8-6-7-9-14-11-10-13-3/h4-5,8-11H2,1-3H3/p+1. The highest BCUT2D eigenvalue weighted by molar-refractivity contribution is 4.98. The van der Waals surface area contributed by atoms with E-state index in [4.69, 9.17) is 9.47 Å². The van der Waals surface area contributed by atoms with Gasteiger partial charge in [-0.1, -0.05) is 5.92 Å². The fourth-order valence-electron chi connectivity index (χ4n) is 1.00. The normalized spacial score (nSPS) is 10.0. The van der Waals surface area contributed by atoms with Crippen molar-refractivity contribution < 1.29 is 14.4 Å². The minimum atomic E-state index is 0.518. The van der Waals surface area contributed by atoms with Crippen molar-refractivity contribution in [3.05, 3.63) is 0 Å². The molecule has 0 heterocycles. The van der Waals surface area contributed by atoms with Crippen LogP contribution in [0.15, 0.2) is 0 Å². The second kappa shape index (κ2) is 10.5. The molecule has 0 fully saturated rings. The van der Waals surface area contributed by atoms with Gasteiger partial charge < -0.3 is 14.4 Å². The van der Waals surface area contributed by atoms with Crippen LogP contribution < -0.4 is 4.90 Å². The van der Waals surface area contributed by atoms with Crippen molar-refractivity contribution in [1.82, 2.24) is 0 Å². The van der Waals surface area contributed by atoms with Crippen LogP contribution in [0.25, 0.3) is 0 Å². The molecule has 0 aromatic carbocycles. The van der Waals surface area contributed by atoms with Gasteiger partial charge in [-0.3, -0.25) is 0 Å². The molecule has 0 aliphatic heterocycles. The zero-order valence-corrected chi connectivity index (χ0v) is 9.56. The number of hydrogen-bond acceptors (Lipinski definition) is 2. The molecule has 0 aromatic heterocycles. The number of hydrogen-bond donors (Lipinski definition) is 1. The highest BCUT2D eigenvalue weighted by Gasteiger charge is 1.96. The molecular formula is C11H22NO2+. The summed E-state index contributed by atoms with van der Waals surface area (Å²) in [5.74, 6) is 6.11. The van der Waals surface area contributed by atoms with E-state index in [0.717, 1.165) is 19.6 Å². The lowest BCUT2D eigenvalue weighted by Crippen LogP contribution is -3.11. The Kier molecular flexibility index (Phi) is 10.1. The first-order chi connectivity index (χ1) is 6.85. The third kappa shape index (κ3) is 8.06. The van der Waals surface area contributed by atoms with E-state index in [-0.39, 0.29) is 0 Å². The monoisotopic (exact) mass is 200 g/mol. The van der Waals surface area contributed by atoms with E-state index in [0.29, 0.717) is 19.8 Å². The SMILES string of the molecule is CC[NH+](CC)CC#CCOCCOC. The molecule has 0 saturated carbocycles. The predicted molar refractivity (Wildman–Crippen MR) is 57.4 cm³/mol. The van der Waals surface area contributed by atoms with Gasteiger partial charge in [0, 0.05) is 7.11 Å². The first kappa shape index (κ1) is 13.4. The summed E-state index contributed by atoms with van der Waals surface area (Å²) in [6.07, 6.45) is 0. The van der Waals surface area contributed by atoms with Gasteiger partial charge >= 0.3 is 0 Å². The van der Waals surface area contributed by atoms with E-state index in [9.17, 15) is 0 Å². The molecule has 3 nitrogen and oxygen atoms in total. The molecule has 0 saturated heterocycles. The average Bonchev–Trinajstić information content (AvgIpc) is 2.22. The molecule has 3 heteroatoms. The van der Waals surface area contributed by atoms with Gasteiger partial charge in [-0.25, -0.2) is 0 Å². The third-order valence-corrected chi connectivity index (χ3v) is 2.07. The maximum Gasteiger partial charge on any atom is 0.139 e.